The van der Waals surface area contributed by atoms with Crippen molar-refractivity contribution in [3.05, 3.63) is 30.1 Å². The first-order chi connectivity index (χ1) is 6.09. The molecule has 0 fully saturated rings. The van der Waals surface area contributed by atoms with Crippen molar-refractivity contribution in [3.8, 4) is 5.75 Å². The lowest BCUT2D eigenvalue weighted by Gasteiger charge is -2.16. The number of aliphatic hydroxyl groups is 1. The van der Waals surface area contributed by atoms with E-state index >= 15 is 0 Å². The lowest BCUT2D eigenvalue weighted by molar-refractivity contribution is 0.0604. The second kappa shape index (κ2) is 4.23. The number of hydrogen-bond acceptors (Lipinski definition) is 2. The summed E-state index contributed by atoms with van der Waals surface area (Å²) in [5, 5.41) is 9.14. The molecule has 1 aromatic rings. The van der Waals surface area contributed by atoms with E-state index in [1.807, 2.05) is 0 Å². The van der Waals surface area contributed by atoms with E-state index in [4.69, 9.17) is 9.84 Å². The molecule has 13 heavy (non-hydrogen) atoms. The molecule has 1 N–H and O–H groups in total. The maximum atomic E-state index is 12.5. The zero-order valence-electron chi connectivity index (χ0n) is 7.70. The first kappa shape index (κ1) is 9.99. The van der Waals surface area contributed by atoms with Crippen molar-refractivity contribution in [2.45, 2.75) is 26.1 Å². The summed E-state index contributed by atoms with van der Waals surface area (Å²) in [5.41, 5.74) is 0. The van der Waals surface area contributed by atoms with E-state index in [0.717, 1.165) is 0 Å². The van der Waals surface area contributed by atoms with E-state index in [1.54, 1.807) is 13.8 Å². The summed E-state index contributed by atoms with van der Waals surface area (Å²) >= 11 is 0. The van der Waals surface area contributed by atoms with Crippen molar-refractivity contribution in [2.75, 3.05) is 0 Å². The van der Waals surface area contributed by atoms with Gasteiger partial charge in [0.15, 0.2) is 0 Å². The molecule has 0 saturated heterocycles. The summed E-state index contributed by atoms with van der Waals surface area (Å²) in [4.78, 5) is 0. The zero-order chi connectivity index (χ0) is 9.84. The molecule has 0 aromatic heterocycles. The number of benzene rings is 1. The Labute approximate surface area is 77.0 Å². The van der Waals surface area contributed by atoms with Crippen molar-refractivity contribution in [3.63, 3.8) is 0 Å². The number of ether oxygens (including phenoxy) is 1. The van der Waals surface area contributed by atoms with Crippen molar-refractivity contribution in [1.82, 2.24) is 0 Å². The summed E-state index contributed by atoms with van der Waals surface area (Å²) in [6, 6.07) is 5.72. The first-order valence-electron chi connectivity index (χ1n) is 4.20. The highest BCUT2D eigenvalue weighted by atomic mass is 19.1. The smallest absolute Gasteiger partial charge is 0.123 e. The Hall–Kier alpha value is -1.09. The van der Waals surface area contributed by atoms with E-state index in [0.29, 0.717) is 5.75 Å². The number of rotatable bonds is 3. The van der Waals surface area contributed by atoms with E-state index in [2.05, 4.69) is 0 Å². The van der Waals surface area contributed by atoms with E-state index in [1.165, 1.54) is 24.3 Å². The third-order valence-electron chi connectivity index (χ3n) is 1.81. The molecule has 1 rings (SSSR count). The Morgan fingerprint density at radius 3 is 2.23 bits per heavy atom. The first-order valence-corrected chi connectivity index (χ1v) is 4.20. The van der Waals surface area contributed by atoms with Gasteiger partial charge in [-0.1, -0.05) is 0 Å². The lowest BCUT2D eigenvalue weighted by atomic mass is 10.2. The molecule has 0 aliphatic heterocycles. The van der Waals surface area contributed by atoms with Gasteiger partial charge in [0.05, 0.1) is 6.10 Å². The molecule has 2 atom stereocenters. The van der Waals surface area contributed by atoms with Crippen LogP contribution in [0.3, 0.4) is 0 Å². The van der Waals surface area contributed by atoms with Gasteiger partial charge in [-0.05, 0) is 38.1 Å². The maximum absolute atomic E-state index is 12.5. The summed E-state index contributed by atoms with van der Waals surface area (Å²) in [7, 11) is 0. The average Bonchev–Trinajstić information content (AvgIpc) is 2.08. The van der Waals surface area contributed by atoms with E-state index in [9.17, 15) is 4.39 Å². The van der Waals surface area contributed by atoms with Crippen LogP contribution in [-0.2, 0) is 0 Å². The predicted molar refractivity (Wildman–Crippen MR) is 48.2 cm³/mol. The van der Waals surface area contributed by atoms with Crippen molar-refractivity contribution < 1.29 is 14.2 Å². The van der Waals surface area contributed by atoms with Crippen LogP contribution >= 0.6 is 0 Å². The highest BCUT2D eigenvalue weighted by molar-refractivity contribution is 5.22. The molecule has 0 bridgehead atoms. The number of hydrogen-bond donors (Lipinski definition) is 1. The minimum absolute atomic E-state index is 0.287. The molecule has 0 spiro atoms. The van der Waals surface area contributed by atoms with Gasteiger partial charge in [-0.25, -0.2) is 4.39 Å². The molecular weight excluding hydrogens is 171 g/mol. The second-order valence-electron chi connectivity index (χ2n) is 3.02. The number of halogens is 1. The lowest BCUT2D eigenvalue weighted by Crippen LogP contribution is -2.25. The SMILES string of the molecule is CC(Oc1ccc(F)cc1)[C@H](C)O. The van der Waals surface area contributed by atoms with Gasteiger partial charge in [0, 0.05) is 0 Å². The van der Waals surface area contributed by atoms with Crippen LogP contribution in [0, 0.1) is 5.82 Å². The van der Waals surface area contributed by atoms with Crippen LogP contribution in [-0.4, -0.2) is 17.3 Å². The van der Waals surface area contributed by atoms with E-state index in [-0.39, 0.29) is 11.9 Å². The van der Waals surface area contributed by atoms with Gasteiger partial charge in [0.25, 0.3) is 0 Å². The van der Waals surface area contributed by atoms with Gasteiger partial charge in [-0.3, -0.25) is 0 Å². The van der Waals surface area contributed by atoms with Crippen LogP contribution < -0.4 is 4.74 Å². The maximum Gasteiger partial charge on any atom is 0.123 e. The summed E-state index contributed by atoms with van der Waals surface area (Å²) < 4.78 is 17.8. The van der Waals surface area contributed by atoms with E-state index < -0.39 is 6.10 Å². The molecule has 0 aliphatic carbocycles. The van der Waals surface area contributed by atoms with Crippen molar-refractivity contribution in [1.29, 1.82) is 0 Å². The van der Waals surface area contributed by atoms with Gasteiger partial charge >= 0.3 is 0 Å². The van der Waals surface area contributed by atoms with Crippen molar-refractivity contribution >= 4 is 0 Å². The minimum atomic E-state index is -0.537. The predicted octanol–water partition coefficient (Wildman–Crippen LogP) is 1.97. The Morgan fingerprint density at radius 1 is 1.23 bits per heavy atom. The largest absolute Gasteiger partial charge is 0.488 e. The third-order valence-corrected chi connectivity index (χ3v) is 1.81. The summed E-state index contributed by atoms with van der Waals surface area (Å²) in [6.45, 7) is 3.40. The fourth-order valence-corrected chi connectivity index (χ4v) is 0.826. The minimum Gasteiger partial charge on any atom is -0.488 e. The van der Waals surface area contributed by atoms with Gasteiger partial charge in [-0.2, -0.15) is 0 Å². The van der Waals surface area contributed by atoms with Crippen LogP contribution in [0.5, 0.6) is 5.75 Å². The van der Waals surface area contributed by atoms with Gasteiger partial charge in [0.2, 0.25) is 0 Å². The van der Waals surface area contributed by atoms with Crippen LogP contribution in [0.4, 0.5) is 4.39 Å². The Balaban J connectivity index is 2.59. The Kier molecular flexibility index (Phi) is 3.25. The average molecular weight is 184 g/mol. The Bertz CT molecular complexity index is 256. The number of aliphatic hydroxyl groups excluding tert-OH is 1. The molecule has 0 heterocycles. The molecule has 1 aromatic carbocycles. The highest BCUT2D eigenvalue weighted by Gasteiger charge is 2.09. The van der Waals surface area contributed by atoms with Crippen LogP contribution in [0.15, 0.2) is 24.3 Å². The highest BCUT2D eigenvalue weighted by Crippen LogP contribution is 2.13. The molecular formula is C10H13FO2. The normalized spacial score (nSPS) is 15.1. The quantitative estimate of drug-likeness (QED) is 0.778. The molecule has 0 radical (unpaired) electrons. The van der Waals surface area contributed by atoms with Crippen LogP contribution in [0.1, 0.15) is 13.8 Å². The van der Waals surface area contributed by atoms with Gasteiger partial charge in [-0.15, -0.1) is 0 Å². The zero-order valence-corrected chi connectivity index (χ0v) is 7.70. The van der Waals surface area contributed by atoms with Gasteiger partial charge in [0.1, 0.15) is 17.7 Å². The van der Waals surface area contributed by atoms with Crippen LogP contribution in [0.25, 0.3) is 0 Å². The van der Waals surface area contributed by atoms with Crippen LogP contribution in [0.2, 0.25) is 0 Å². The summed E-state index contributed by atoms with van der Waals surface area (Å²) in [6.07, 6.45) is -0.824. The summed E-state index contributed by atoms with van der Waals surface area (Å²) in [5.74, 6) is 0.270. The molecule has 1 unspecified atom stereocenters. The molecule has 2 nitrogen and oxygen atoms in total. The van der Waals surface area contributed by atoms with Gasteiger partial charge < -0.3 is 9.84 Å². The molecule has 0 saturated carbocycles. The molecule has 0 aliphatic rings. The third kappa shape index (κ3) is 3.03. The molecule has 3 heteroatoms. The second-order valence-corrected chi connectivity index (χ2v) is 3.02. The standard InChI is InChI=1S/C10H13FO2/c1-7(12)8(2)13-10-5-3-9(11)4-6-10/h3-8,12H,1-2H3/t7-,8?/m0/s1. The monoisotopic (exact) mass is 184 g/mol. The molecule has 72 valence electrons. The van der Waals surface area contributed by atoms with Crippen molar-refractivity contribution in [2.24, 2.45) is 0 Å². The fourth-order valence-electron chi connectivity index (χ4n) is 0.826. The molecule has 0 amide bonds. The Morgan fingerprint density at radius 2 is 1.77 bits per heavy atom. The topological polar surface area (TPSA) is 29.5 Å². The fraction of sp³-hybridized carbons (Fsp3) is 0.400.